The Balaban J connectivity index is 1.83. The minimum absolute atomic E-state index is 0.0570. The topological polar surface area (TPSA) is 73.3 Å². The summed E-state index contributed by atoms with van der Waals surface area (Å²) in [5.41, 5.74) is 3.76. The van der Waals surface area contributed by atoms with Crippen molar-refractivity contribution in [2.75, 3.05) is 49.5 Å². The van der Waals surface area contributed by atoms with Gasteiger partial charge in [-0.05, 0) is 72.6 Å². The number of ether oxygens (including phenoxy) is 1. The second-order valence-corrected chi connectivity index (χ2v) is 9.44. The van der Waals surface area contributed by atoms with Crippen LogP contribution in [0, 0.1) is 0 Å². The van der Waals surface area contributed by atoms with E-state index in [1.54, 1.807) is 24.3 Å². The van der Waals surface area contributed by atoms with Crippen LogP contribution in [-0.4, -0.2) is 51.6 Å². The van der Waals surface area contributed by atoms with Crippen molar-refractivity contribution in [3.05, 3.63) is 89.5 Å². The number of anilines is 3. The molecule has 192 valence electrons. The minimum atomic E-state index is -0.780. The molecule has 0 spiro atoms. The molecule has 0 radical (unpaired) electrons. The maximum Gasteiger partial charge on any atom is 0.300 e. The van der Waals surface area contributed by atoms with Gasteiger partial charge in [0.2, 0.25) is 0 Å². The highest BCUT2D eigenvalue weighted by atomic mass is 16.5. The normalized spacial score (nSPS) is 16.7. The number of aliphatic hydroxyl groups is 1. The van der Waals surface area contributed by atoms with Crippen LogP contribution in [0.5, 0.6) is 5.75 Å². The van der Waals surface area contributed by atoms with Gasteiger partial charge in [0.25, 0.3) is 11.7 Å². The van der Waals surface area contributed by atoms with Crippen molar-refractivity contribution in [1.82, 2.24) is 0 Å². The van der Waals surface area contributed by atoms with E-state index in [0.29, 0.717) is 23.6 Å². The Morgan fingerprint density at radius 1 is 0.838 bits per heavy atom. The molecule has 1 saturated heterocycles. The highest BCUT2D eigenvalue weighted by Crippen LogP contribution is 2.42. The van der Waals surface area contributed by atoms with Gasteiger partial charge in [-0.15, -0.1) is 0 Å². The first kappa shape index (κ1) is 25.8. The number of amides is 1. The summed E-state index contributed by atoms with van der Waals surface area (Å²) in [6.45, 7) is 2.62. The third-order valence-electron chi connectivity index (χ3n) is 6.41. The molecular formula is C30H33N3O4. The summed E-state index contributed by atoms with van der Waals surface area (Å²) in [4.78, 5) is 32.2. The molecule has 1 N–H and O–H groups in total. The van der Waals surface area contributed by atoms with Crippen molar-refractivity contribution in [2.24, 2.45) is 0 Å². The van der Waals surface area contributed by atoms with Gasteiger partial charge in [-0.2, -0.15) is 0 Å². The smallest absolute Gasteiger partial charge is 0.300 e. The Hall–Kier alpha value is -4.26. The molecule has 4 rings (SSSR count). The molecule has 0 aliphatic carbocycles. The van der Waals surface area contributed by atoms with Gasteiger partial charge in [0, 0.05) is 50.8 Å². The Kier molecular flexibility index (Phi) is 7.53. The summed E-state index contributed by atoms with van der Waals surface area (Å²) in [5.74, 6) is -0.934. The lowest BCUT2D eigenvalue weighted by atomic mass is 9.95. The molecule has 0 saturated carbocycles. The molecule has 0 bridgehead atoms. The predicted molar refractivity (Wildman–Crippen MR) is 149 cm³/mol. The molecule has 7 heteroatoms. The largest absolute Gasteiger partial charge is 0.507 e. The molecule has 3 aromatic carbocycles. The third-order valence-corrected chi connectivity index (χ3v) is 6.41. The van der Waals surface area contributed by atoms with Crippen molar-refractivity contribution in [3.8, 4) is 5.75 Å². The summed E-state index contributed by atoms with van der Waals surface area (Å²) in [5, 5.41) is 11.4. The molecule has 1 amide bonds. The first-order valence-corrected chi connectivity index (χ1v) is 12.3. The second kappa shape index (κ2) is 10.8. The zero-order chi connectivity index (χ0) is 26.7. The van der Waals surface area contributed by atoms with Crippen LogP contribution in [-0.2, 0) is 9.59 Å². The number of benzene rings is 3. The fourth-order valence-corrected chi connectivity index (χ4v) is 4.36. The summed E-state index contributed by atoms with van der Waals surface area (Å²) in [6.07, 6.45) is 0.882. The van der Waals surface area contributed by atoms with Gasteiger partial charge in [0.05, 0.1) is 18.2 Å². The van der Waals surface area contributed by atoms with E-state index < -0.39 is 17.7 Å². The zero-order valence-corrected chi connectivity index (χ0v) is 21.9. The number of aliphatic hydroxyl groups excluding tert-OH is 1. The highest BCUT2D eigenvalue weighted by Gasteiger charge is 2.47. The van der Waals surface area contributed by atoms with Crippen LogP contribution in [0.2, 0.25) is 0 Å². The Morgan fingerprint density at radius 3 is 1.89 bits per heavy atom. The van der Waals surface area contributed by atoms with Crippen LogP contribution in [0.15, 0.2) is 78.4 Å². The number of Topliss-reactive ketones (excluding diaryl/α,β-unsaturated/α-hetero) is 1. The predicted octanol–water partition coefficient (Wildman–Crippen LogP) is 5.23. The van der Waals surface area contributed by atoms with Crippen LogP contribution < -0.4 is 19.4 Å². The molecule has 0 aromatic heterocycles. The summed E-state index contributed by atoms with van der Waals surface area (Å²) in [7, 11) is 7.76. The van der Waals surface area contributed by atoms with Gasteiger partial charge in [-0.25, -0.2) is 0 Å². The first-order chi connectivity index (χ1) is 17.7. The monoisotopic (exact) mass is 499 g/mol. The van der Waals surface area contributed by atoms with E-state index in [1.165, 1.54) is 4.90 Å². The third kappa shape index (κ3) is 5.16. The Bertz CT molecular complexity index is 1290. The highest BCUT2D eigenvalue weighted by molar-refractivity contribution is 6.51. The molecule has 1 fully saturated rings. The summed E-state index contributed by atoms with van der Waals surface area (Å²) < 4.78 is 5.64. The van der Waals surface area contributed by atoms with Gasteiger partial charge in [-0.3, -0.25) is 14.5 Å². The number of ketones is 1. The van der Waals surface area contributed by atoms with Crippen LogP contribution in [0.3, 0.4) is 0 Å². The number of carbonyl (C=O) groups is 2. The number of nitrogens with zero attached hydrogens (tertiary/aromatic N) is 3. The molecule has 3 aromatic rings. The van der Waals surface area contributed by atoms with Crippen molar-refractivity contribution in [3.63, 3.8) is 0 Å². The number of rotatable bonds is 8. The van der Waals surface area contributed by atoms with Crippen LogP contribution >= 0.6 is 0 Å². The van der Waals surface area contributed by atoms with E-state index >= 15 is 0 Å². The van der Waals surface area contributed by atoms with E-state index in [0.717, 1.165) is 23.4 Å². The van der Waals surface area contributed by atoms with E-state index in [-0.39, 0.29) is 11.3 Å². The average molecular weight is 500 g/mol. The minimum Gasteiger partial charge on any atom is -0.507 e. The number of carbonyl (C=O) groups excluding carboxylic acids is 2. The maximum absolute atomic E-state index is 13.4. The lowest BCUT2D eigenvalue weighted by Gasteiger charge is -2.26. The number of hydrogen-bond acceptors (Lipinski definition) is 6. The lowest BCUT2D eigenvalue weighted by molar-refractivity contribution is -0.132. The lowest BCUT2D eigenvalue weighted by Crippen LogP contribution is -2.29. The van der Waals surface area contributed by atoms with E-state index in [9.17, 15) is 14.7 Å². The molecule has 1 aliphatic rings. The van der Waals surface area contributed by atoms with Gasteiger partial charge in [0.15, 0.2) is 0 Å². The molecule has 37 heavy (non-hydrogen) atoms. The van der Waals surface area contributed by atoms with Gasteiger partial charge in [0.1, 0.15) is 11.5 Å². The van der Waals surface area contributed by atoms with Crippen molar-refractivity contribution >= 4 is 34.5 Å². The quantitative estimate of drug-likeness (QED) is 0.260. The second-order valence-electron chi connectivity index (χ2n) is 9.44. The van der Waals surface area contributed by atoms with Crippen molar-refractivity contribution < 1.29 is 19.4 Å². The van der Waals surface area contributed by atoms with Crippen molar-refractivity contribution in [1.29, 1.82) is 0 Å². The van der Waals surface area contributed by atoms with Crippen LogP contribution in [0.25, 0.3) is 5.76 Å². The fraction of sp³-hybridized carbons (Fsp3) is 0.267. The van der Waals surface area contributed by atoms with E-state index in [2.05, 4.69) is 0 Å². The summed E-state index contributed by atoms with van der Waals surface area (Å²) in [6, 6.07) is 21.2. The van der Waals surface area contributed by atoms with E-state index in [1.807, 2.05) is 93.4 Å². The molecule has 1 aliphatic heterocycles. The molecule has 1 unspecified atom stereocenters. The van der Waals surface area contributed by atoms with Gasteiger partial charge in [-0.1, -0.05) is 19.1 Å². The summed E-state index contributed by atoms with van der Waals surface area (Å²) >= 11 is 0. The van der Waals surface area contributed by atoms with E-state index in [4.69, 9.17) is 4.74 Å². The Labute approximate surface area is 218 Å². The number of hydrogen-bond donors (Lipinski definition) is 1. The molecule has 7 nitrogen and oxygen atoms in total. The standard InChI is InChI=1S/C30H33N3O4/c1-6-19-37-25-17-9-21(10-18-25)28(34)26-27(20-7-11-22(12-8-20)31(2)3)33(30(36)29(26)35)24-15-13-23(14-16-24)32(4)5/h7-18,27,34H,6,19H2,1-5H3/b28-26-. The van der Waals surface area contributed by atoms with Crippen molar-refractivity contribution in [2.45, 2.75) is 19.4 Å². The van der Waals surface area contributed by atoms with Gasteiger partial charge >= 0.3 is 0 Å². The average Bonchev–Trinajstić information content (AvgIpc) is 3.17. The first-order valence-electron chi connectivity index (χ1n) is 12.3. The molecular weight excluding hydrogens is 466 g/mol. The molecule has 1 atom stereocenters. The molecule has 1 heterocycles. The maximum atomic E-state index is 13.4. The zero-order valence-electron chi connectivity index (χ0n) is 21.9. The van der Waals surface area contributed by atoms with Crippen LogP contribution in [0.1, 0.15) is 30.5 Å². The Morgan fingerprint density at radius 2 is 1.38 bits per heavy atom. The fourth-order valence-electron chi connectivity index (χ4n) is 4.36. The van der Waals surface area contributed by atoms with Gasteiger partial charge < -0.3 is 19.6 Å². The van der Waals surface area contributed by atoms with Crippen LogP contribution in [0.4, 0.5) is 17.1 Å². The SMILES string of the molecule is CCCOc1ccc(/C(O)=C2/C(=O)C(=O)N(c3ccc(N(C)C)cc3)C2c2ccc(N(C)C)cc2)cc1.